The van der Waals surface area contributed by atoms with E-state index >= 15 is 0 Å². The van der Waals surface area contributed by atoms with Gasteiger partial charge in [-0.05, 0) is 42.7 Å². The maximum absolute atomic E-state index is 6.54. The number of halogens is 2. The van der Waals surface area contributed by atoms with Crippen molar-refractivity contribution in [1.29, 1.82) is 0 Å². The quantitative estimate of drug-likeness (QED) is 0.274. The summed E-state index contributed by atoms with van der Waals surface area (Å²) >= 11 is 14.3. The van der Waals surface area contributed by atoms with E-state index in [-0.39, 0.29) is 6.10 Å². The van der Waals surface area contributed by atoms with Gasteiger partial charge in [0.2, 0.25) is 5.79 Å². The van der Waals surface area contributed by atoms with Gasteiger partial charge in [0.15, 0.2) is 5.16 Å². The Morgan fingerprint density at radius 3 is 2.71 bits per heavy atom. The minimum atomic E-state index is -1.07. The molecule has 0 aliphatic carbocycles. The minimum Gasteiger partial charge on any atom is -0.491 e. The summed E-state index contributed by atoms with van der Waals surface area (Å²) in [6, 6.07) is 13.3. The lowest BCUT2D eigenvalue weighted by Gasteiger charge is -2.30. The molecule has 2 unspecified atom stereocenters. The number of hydrogen-bond donors (Lipinski definition) is 0. The van der Waals surface area contributed by atoms with Gasteiger partial charge in [0.05, 0.1) is 36.4 Å². The molecule has 0 N–H and O–H groups in total. The second-order valence-electron chi connectivity index (χ2n) is 8.19. The fourth-order valence-corrected chi connectivity index (χ4v) is 5.22. The summed E-state index contributed by atoms with van der Waals surface area (Å²) in [6.45, 7) is 1.08. The molecule has 1 aliphatic rings. The molecule has 0 radical (unpaired) electrons. The van der Waals surface area contributed by atoms with Crippen LogP contribution >= 0.6 is 35.0 Å². The maximum atomic E-state index is 6.54. The van der Waals surface area contributed by atoms with Crippen LogP contribution in [0, 0.1) is 0 Å². The monoisotopic (exact) mass is 530 g/mol. The number of ether oxygens (including phenoxy) is 3. The predicted molar refractivity (Wildman–Crippen MR) is 137 cm³/mol. The second kappa shape index (κ2) is 10.2. The second-order valence-corrected chi connectivity index (χ2v) is 9.80. The third-order valence-corrected chi connectivity index (χ3v) is 7.16. The largest absolute Gasteiger partial charge is 0.491 e. The van der Waals surface area contributed by atoms with Crippen LogP contribution in [0.5, 0.6) is 5.75 Å². The number of nitrogens with zero attached hydrogens (tertiary/aromatic N) is 4. The van der Waals surface area contributed by atoms with Crippen LogP contribution in [0.4, 0.5) is 0 Å². The molecular formula is C25H24Cl2N4O3S. The molecule has 3 heterocycles. The first-order valence-electron chi connectivity index (χ1n) is 11.0. The Morgan fingerprint density at radius 1 is 1.20 bits per heavy atom. The van der Waals surface area contributed by atoms with E-state index in [2.05, 4.69) is 14.5 Å². The third-order valence-electron chi connectivity index (χ3n) is 5.86. The molecule has 2 aromatic carbocycles. The number of hydrogen-bond acceptors (Lipinski definition) is 6. The topological polar surface area (TPSA) is 63.3 Å². The van der Waals surface area contributed by atoms with Crippen LogP contribution in [0.3, 0.4) is 0 Å². The molecular weight excluding hydrogens is 507 g/mol. The average molecular weight is 531 g/mol. The van der Waals surface area contributed by atoms with Gasteiger partial charge in [-0.1, -0.05) is 41.0 Å². The smallest absolute Gasteiger partial charge is 0.215 e. The van der Waals surface area contributed by atoms with Gasteiger partial charge in [-0.2, -0.15) is 0 Å². The van der Waals surface area contributed by atoms with Crippen molar-refractivity contribution in [3.05, 3.63) is 83.0 Å². The van der Waals surface area contributed by atoms with Crippen LogP contribution in [-0.4, -0.2) is 44.7 Å². The lowest BCUT2D eigenvalue weighted by Crippen LogP contribution is -2.34. The van der Waals surface area contributed by atoms with E-state index < -0.39 is 5.79 Å². The molecule has 0 saturated carbocycles. The van der Waals surface area contributed by atoms with E-state index in [1.165, 1.54) is 0 Å². The molecule has 35 heavy (non-hydrogen) atoms. The van der Waals surface area contributed by atoms with Crippen LogP contribution in [0.1, 0.15) is 5.56 Å². The summed E-state index contributed by atoms with van der Waals surface area (Å²) in [5.41, 5.74) is 2.84. The molecule has 7 nitrogen and oxygen atoms in total. The van der Waals surface area contributed by atoms with Crippen molar-refractivity contribution in [2.45, 2.75) is 23.6 Å². The van der Waals surface area contributed by atoms with Gasteiger partial charge < -0.3 is 23.3 Å². The van der Waals surface area contributed by atoms with E-state index in [4.69, 9.17) is 37.4 Å². The van der Waals surface area contributed by atoms with E-state index in [0.29, 0.717) is 35.4 Å². The Morgan fingerprint density at radius 2 is 2.03 bits per heavy atom. The SMILES string of the molecule is CSc1ncc(-c2ccc(OCC3COC(Cn4ccnc4)(c4ccc(Cl)cc4Cl)O3)cc2)n1C. The van der Waals surface area contributed by atoms with Gasteiger partial charge in [-0.15, -0.1) is 0 Å². The zero-order valence-electron chi connectivity index (χ0n) is 19.2. The lowest BCUT2D eigenvalue weighted by atomic mass is 10.1. The standard InChI is InChI=1S/C25H24Cl2N4O3S/c1-30-23(12-29-24(30)35-2)17-3-6-19(7-4-17)32-13-20-14-33-25(34-20,15-31-10-9-28-16-31)21-8-5-18(26)11-22(21)27/h3-12,16,20H,13-15H2,1-2H3. The maximum Gasteiger partial charge on any atom is 0.215 e. The fourth-order valence-electron chi connectivity index (χ4n) is 4.14. The van der Waals surface area contributed by atoms with Crippen molar-refractivity contribution in [3.63, 3.8) is 0 Å². The van der Waals surface area contributed by atoms with E-state index in [1.807, 2.05) is 60.6 Å². The summed E-state index contributed by atoms with van der Waals surface area (Å²) in [7, 11) is 2.01. The number of benzene rings is 2. The Hall–Kier alpha value is -2.49. The van der Waals surface area contributed by atoms with Gasteiger partial charge in [0, 0.05) is 35.6 Å². The zero-order chi connectivity index (χ0) is 24.4. The summed E-state index contributed by atoms with van der Waals surface area (Å²) < 4.78 is 22.7. The van der Waals surface area contributed by atoms with Crippen molar-refractivity contribution < 1.29 is 14.2 Å². The third kappa shape index (κ3) is 5.08. The molecule has 2 atom stereocenters. The zero-order valence-corrected chi connectivity index (χ0v) is 21.6. The normalized spacial score (nSPS) is 19.8. The van der Waals surface area contributed by atoms with Crippen molar-refractivity contribution >= 4 is 35.0 Å². The van der Waals surface area contributed by atoms with Crippen LogP contribution in [0.2, 0.25) is 10.0 Å². The van der Waals surface area contributed by atoms with Crippen molar-refractivity contribution in [3.8, 4) is 17.0 Å². The highest BCUT2D eigenvalue weighted by Crippen LogP contribution is 2.40. The van der Waals surface area contributed by atoms with Gasteiger partial charge in [0.1, 0.15) is 18.5 Å². The first kappa shape index (κ1) is 24.2. The summed E-state index contributed by atoms with van der Waals surface area (Å²) in [5.74, 6) is -0.323. The molecule has 5 rings (SSSR count). The van der Waals surface area contributed by atoms with E-state index in [0.717, 1.165) is 22.2 Å². The van der Waals surface area contributed by atoms with E-state index in [1.54, 1.807) is 36.4 Å². The number of thioether (sulfide) groups is 1. The summed E-state index contributed by atoms with van der Waals surface area (Å²) in [4.78, 5) is 8.57. The predicted octanol–water partition coefficient (Wildman–Crippen LogP) is 5.66. The highest BCUT2D eigenvalue weighted by molar-refractivity contribution is 7.98. The van der Waals surface area contributed by atoms with Gasteiger partial charge in [-0.3, -0.25) is 0 Å². The number of imidazole rings is 2. The van der Waals surface area contributed by atoms with Crippen LogP contribution < -0.4 is 4.74 Å². The molecule has 1 saturated heterocycles. The Kier molecular flexibility index (Phi) is 7.09. The first-order chi connectivity index (χ1) is 17.0. The minimum absolute atomic E-state index is 0.286. The molecule has 10 heteroatoms. The molecule has 0 bridgehead atoms. The Bertz CT molecular complexity index is 1300. The lowest BCUT2D eigenvalue weighted by molar-refractivity contribution is -0.189. The molecule has 182 valence electrons. The fraction of sp³-hybridized carbons (Fsp3) is 0.280. The average Bonchev–Trinajstić information content (AvgIpc) is 3.59. The highest BCUT2D eigenvalue weighted by atomic mass is 35.5. The molecule has 1 fully saturated rings. The molecule has 2 aromatic heterocycles. The van der Waals surface area contributed by atoms with Gasteiger partial charge in [0.25, 0.3) is 0 Å². The molecule has 0 amide bonds. The van der Waals surface area contributed by atoms with Crippen molar-refractivity contribution in [2.75, 3.05) is 19.5 Å². The Balaban J connectivity index is 1.28. The van der Waals surface area contributed by atoms with Crippen LogP contribution in [0.25, 0.3) is 11.3 Å². The summed E-state index contributed by atoms with van der Waals surface area (Å²) in [6.07, 6.45) is 8.90. The van der Waals surface area contributed by atoms with E-state index in [9.17, 15) is 0 Å². The van der Waals surface area contributed by atoms with Gasteiger partial charge >= 0.3 is 0 Å². The first-order valence-corrected chi connectivity index (χ1v) is 13.0. The highest BCUT2D eigenvalue weighted by Gasteiger charge is 2.45. The Labute approximate surface area is 217 Å². The number of aromatic nitrogens is 4. The van der Waals surface area contributed by atoms with Crippen molar-refractivity contribution in [2.24, 2.45) is 7.05 Å². The molecule has 4 aromatic rings. The van der Waals surface area contributed by atoms with Gasteiger partial charge in [-0.25, -0.2) is 9.97 Å². The molecule has 0 spiro atoms. The summed E-state index contributed by atoms with van der Waals surface area (Å²) in [5, 5.41) is 2.00. The van der Waals surface area contributed by atoms with Crippen LogP contribution in [-0.2, 0) is 28.9 Å². The molecule has 1 aliphatic heterocycles. The van der Waals surface area contributed by atoms with Crippen molar-refractivity contribution in [1.82, 2.24) is 19.1 Å². The van der Waals surface area contributed by atoms with Crippen LogP contribution in [0.15, 0.2) is 72.5 Å². The number of rotatable bonds is 8.